The molecule has 2 fully saturated rings. The van der Waals surface area contributed by atoms with Crippen LogP contribution in [0.3, 0.4) is 0 Å². The first kappa shape index (κ1) is 34.1. The molecule has 0 unspecified atom stereocenters. The number of rotatable bonds is 10. The number of carbonyl (C=O) groups excluding carboxylic acids is 2. The van der Waals surface area contributed by atoms with E-state index in [2.05, 4.69) is 20.1 Å². The Kier molecular flexibility index (Phi) is 11.3. The zero-order valence-corrected chi connectivity index (χ0v) is 27.6. The van der Waals surface area contributed by atoms with E-state index in [1.54, 1.807) is 48.5 Å². The summed E-state index contributed by atoms with van der Waals surface area (Å²) >= 11 is 0. The van der Waals surface area contributed by atoms with Gasteiger partial charge in [-0.2, -0.15) is 4.99 Å². The van der Waals surface area contributed by atoms with E-state index in [0.29, 0.717) is 34.8 Å². The zero-order chi connectivity index (χ0) is 33.4. The quantitative estimate of drug-likeness (QED) is 0.203. The number of hydrogen-bond donors (Lipinski definition) is 3. The lowest BCUT2D eigenvalue weighted by molar-refractivity contribution is -0.115. The molecule has 0 bridgehead atoms. The van der Waals surface area contributed by atoms with Gasteiger partial charge in [0.05, 0.1) is 11.4 Å². The maximum absolute atomic E-state index is 13.4. The first-order chi connectivity index (χ1) is 22.5. The second-order valence-electron chi connectivity index (χ2n) is 12.5. The van der Waals surface area contributed by atoms with Crippen LogP contribution in [0.15, 0.2) is 82.7 Å². The van der Waals surface area contributed by atoms with Crippen LogP contribution >= 0.6 is 0 Å². The minimum absolute atomic E-state index is 0.0391. The van der Waals surface area contributed by atoms with E-state index >= 15 is 0 Å². The summed E-state index contributed by atoms with van der Waals surface area (Å²) in [5.41, 5.74) is 9.39. The van der Waals surface area contributed by atoms with E-state index in [1.807, 2.05) is 25.2 Å². The van der Waals surface area contributed by atoms with Crippen molar-refractivity contribution in [1.29, 1.82) is 0 Å². The van der Waals surface area contributed by atoms with E-state index in [4.69, 9.17) is 15.6 Å². The van der Waals surface area contributed by atoms with Gasteiger partial charge >= 0.3 is 6.09 Å². The molecule has 2 aliphatic rings. The number of aliphatic imine (C=N–C) groups is 1. The summed E-state index contributed by atoms with van der Waals surface area (Å²) in [5.74, 6) is 0.317. The molecular weight excluding hydrogens is 616 g/mol. The summed E-state index contributed by atoms with van der Waals surface area (Å²) < 4.78 is 29.7. The van der Waals surface area contributed by atoms with Gasteiger partial charge in [-0.3, -0.25) is 4.79 Å². The van der Waals surface area contributed by atoms with Crippen molar-refractivity contribution in [3.63, 3.8) is 0 Å². The molecule has 0 radical (unpaired) electrons. The van der Waals surface area contributed by atoms with Crippen LogP contribution in [0.4, 0.5) is 16.2 Å². The van der Waals surface area contributed by atoms with E-state index in [1.165, 1.54) is 25.3 Å². The molecule has 5 rings (SSSR count). The molecule has 1 heterocycles. The molecule has 3 aromatic carbocycles. The van der Waals surface area contributed by atoms with Gasteiger partial charge in [0.2, 0.25) is 15.9 Å². The molecule has 250 valence electrons. The number of anilines is 2. The normalized spacial score (nSPS) is 16.9. The molecular formula is C35H44N6O5S. The third kappa shape index (κ3) is 9.63. The lowest BCUT2D eigenvalue weighted by atomic mass is 9.89. The Balaban J connectivity index is 1.29. The van der Waals surface area contributed by atoms with E-state index in [9.17, 15) is 18.0 Å². The molecule has 47 heavy (non-hydrogen) atoms. The van der Waals surface area contributed by atoms with Crippen molar-refractivity contribution in [1.82, 2.24) is 4.90 Å². The SMILES string of the molecule is CN1CCC(OC(=O)N=C(N)c2cccc(N(CC(=O)Nc3ccc(-c4ccccc4S(N)(=O)=O)cc3)CC3CCCCC3)c2)CC1. The predicted octanol–water partition coefficient (Wildman–Crippen LogP) is 4.96. The molecule has 1 aliphatic carbocycles. The van der Waals surface area contributed by atoms with Crippen LogP contribution in [0.1, 0.15) is 50.5 Å². The van der Waals surface area contributed by atoms with Crippen LogP contribution in [0.2, 0.25) is 0 Å². The highest BCUT2D eigenvalue weighted by atomic mass is 32.2. The number of nitrogens with two attached hydrogens (primary N) is 2. The minimum Gasteiger partial charge on any atom is -0.444 e. The number of piperidine rings is 1. The third-order valence-electron chi connectivity index (χ3n) is 8.86. The number of likely N-dealkylation sites (tertiary alicyclic amines) is 1. The number of sulfonamides is 1. The monoisotopic (exact) mass is 660 g/mol. The first-order valence-electron chi connectivity index (χ1n) is 16.2. The fourth-order valence-corrected chi connectivity index (χ4v) is 7.06. The van der Waals surface area contributed by atoms with Gasteiger partial charge in [-0.25, -0.2) is 18.4 Å². The summed E-state index contributed by atoms with van der Waals surface area (Å²) in [5, 5.41) is 8.38. The summed E-state index contributed by atoms with van der Waals surface area (Å²) in [6.45, 7) is 2.54. The fourth-order valence-electron chi connectivity index (χ4n) is 6.30. The smallest absolute Gasteiger partial charge is 0.435 e. The molecule has 0 aromatic heterocycles. The zero-order valence-electron chi connectivity index (χ0n) is 26.8. The molecule has 0 atom stereocenters. The van der Waals surface area contributed by atoms with Crippen molar-refractivity contribution in [3.8, 4) is 11.1 Å². The van der Waals surface area contributed by atoms with E-state index < -0.39 is 16.1 Å². The van der Waals surface area contributed by atoms with Crippen molar-refractivity contribution in [2.75, 3.05) is 43.4 Å². The van der Waals surface area contributed by atoms with Crippen LogP contribution < -0.4 is 21.1 Å². The second kappa shape index (κ2) is 15.6. The van der Waals surface area contributed by atoms with Crippen molar-refractivity contribution >= 4 is 39.2 Å². The molecule has 1 saturated carbocycles. The fraction of sp³-hybridized carbons (Fsp3) is 0.400. The van der Waals surface area contributed by atoms with Crippen molar-refractivity contribution in [3.05, 3.63) is 78.4 Å². The number of benzene rings is 3. The topological polar surface area (TPSA) is 160 Å². The summed E-state index contributed by atoms with van der Waals surface area (Å²) in [4.78, 5) is 34.2. The molecule has 3 aromatic rings. The van der Waals surface area contributed by atoms with Gasteiger partial charge in [0, 0.05) is 42.1 Å². The summed E-state index contributed by atoms with van der Waals surface area (Å²) in [6.07, 6.45) is 6.45. The van der Waals surface area contributed by atoms with Gasteiger partial charge in [-0.1, -0.05) is 61.7 Å². The Morgan fingerprint density at radius 1 is 0.957 bits per heavy atom. The van der Waals surface area contributed by atoms with Gasteiger partial charge < -0.3 is 25.6 Å². The number of hydrogen-bond acceptors (Lipinski definition) is 7. The number of nitrogens with zero attached hydrogens (tertiary/aromatic N) is 3. The Morgan fingerprint density at radius 3 is 2.36 bits per heavy atom. The lowest BCUT2D eigenvalue weighted by Gasteiger charge is -2.31. The largest absolute Gasteiger partial charge is 0.444 e. The number of amidine groups is 1. The van der Waals surface area contributed by atoms with Crippen molar-refractivity contribution < 1.29 is 22.7 Å². The Morgan fingerprint density at radius 2 is 1.66 bits per heavy atom. The second-order valence-corrected chi connectivity index (χ2v) is 14.0. The highest BCUT2D eigenvalue weighted by Crippen LogP contribution is 2.29. The predicted molar refractivity (Wildman–Crippen MR) is 185 cm³/mol. The Bertz CT molecular complexity index is 1680. The van der Waals surface area contributed by atoms with Gasteiger partial charge in [-0.05, 0) is 74.5 Å². The first-order valence-corrected chi connectivity index (χ1v) is 17.7. The van der Waals surface area contributed by atoms with Crippen LogP contribution in [0.25, 0.3) is 11.1 Å². The van der Waals surface area contributed by atoms with Crippen molar-refractivity contribution in [2.45, 2.75) is 55.9 Å². The minimum atomic E-state index is -3.90. The molecule has 1 aliphatic heterocycles. The maximum atomic E-state index is 13.4. The van der Waals surface area contributed by atoms with Gasteiger partial charge in [0.25, 0.3) is 0 Å². The molecule has 2 amide bonds. The number of amides is 2. The van der Waals surface area contributed by atoms with Gasteiger partial charge in [0.1, 0.15) is 11.9 Å². The van der Waals surface area contributed by atoms with Crippen LogP contribution in [0, 0.1) is 5.92 Å². The van der Waals surface area contributed by atoms with Crippen LogP contribution in [-0.2, 0) is 19.6 Å². The van der Waals surface area contributed by atoms with E-state index in [-0.39, 0.29) is 29.3 Å². The van der Waals surface area contributed by atoms with Crippen LogP contribution in [0.5, 0.6) is 0 Å². The number of nitrogens with one attached hydrogen (secondary N) is 1. The Labute approximate surface area is 277 Å². The lowest BCUT2D eigenvalue weighted by Crippen LogP contribution is -2.37. The molecule has 12 heteroatoms. The highest BCUT2D eigenvalue weighted by Gasteiger charge is 2.22. The average Bonchev–Trinajstić information content (AvgIpc) is 3.06. The van der Waals surface area contributed by atoms with Crippen LogP contribution in [-0.4, -0.2) is 70.5 Å². The van der Waals surface area contributed by atoms with Gasteiger partial charge in [-0.15, -0.1) is 0 Å². The molecule has 5 N–H and O–H groups in total. The molecule has 11 nitrogen and oxygen atoms in total. The number of primary sulfonamides is 1. The Hall–Kier alpha value is -4.26. The number of ether oxygens (including phenoxy) is 1. The third-order valence-corrected chi connectivity index (χ3v) is 9.83. The number of carbonyl (C=O) groups is 2. The maximum Gasteiger partial charge on any atom is 0.435 e. The average molecular weight is 661 g/mol. The van der Waals surface area contributed by atoms with Crippen molar-refractivity contribution in [2.24, 2.45) is 21.8 Å². The molecule has 1 saturated heterocycles. The van der Waals surface area contributed by atoms with E-state index in [0.717, 1.165) is 44.5 Å². The highest BCUT2D eigenvalue weighted by molar-refractivity contribution is 7.89. The summed E-state index contributed by atoms with van der Waals surface area (Å²) in [7, 11) is -1.86. The summed E-state index contributed by atoms with van der Waals surface area (Å²) in [6, 6.07) is 20.9. The molecule has 0 spiro atoms. The van der Waals surface area contributed by atoms with Gasteiger partial charge in [0.15, 0.2) is 0 Å². The standard InChI is InChI=1S/C35H44N6O5S/c1-40-20-18-30(19-21-40)46-35(43)39-34(36)27-10-7-11-29(22-27)41(23-25-8-3-2-4-9-25)24-33(42)38-28-16-14-26(15-17-28)31-12-5-6-13-32(31)47(37,44)45/h5-7,10-17,22,25,30H,2-4,8-9,18-21,23-24H2,1H3,(H,38,42)(H2,36,39,43)(H2,37,44,45).